The third kappa shape index (κ3) is 4.22. The Morgan fingerprint density at radius 3 is 2.42 bits per heavy atom. The molecule has 0 aliphatic carbocycles. The zero-order valence-corrected chi connectivity index (χ0v) is 22.3. The fourth-order valence-electron chi connectivity index (χ4n) is 6.85. The van der Waals surface area contributed by atoms with E-state index in [1.807, 2.05) is 71.9 Å². The predicted octanol–water partition coefficient (Wildman–Crippen LogP) is 2.25. The molecule has 198 valence electrons. The molecule has 3 N–H and O–H groups in total. The highest BCUT2D eigenvalue weighted by atomic mass is 16.5. The van der Waals surface area contributed by atoms with Gasteiger partial charge in [-0.2, -0.15) is 0 Å². The molecule has 0 aromatic heterocycles. The van der Waals surface area contributed by atoms with Gasteiger partial charge in [-0.05, 0) is 51.0 Å². The van der Waals surface area contributed by atoms with Crippen LogP contribution in [0, 0.1) is 23.7 Å². The van der Waals surface area contributed by atoms with Crippen LogP contribution in [0.15, 0.2) is 30.3 Å². The van der Waals surface area contributed by atoms with Gasteiger partial charge in [-0.3, -0.25) is 14.4 Å². The minimum atomic E-state index is -1.11. The van der Waals surface area contributed by atoms with Gasteiger partial charge in [0.2, 0.25) is 17.7 Å². The zero-order chi connectivity index (χ0) is 26.4. The molecule has 1 aromatic carbocycles. The summed E-state index contributed by atoms with van der Waals surface area (Å²) in [6.07, 6.45) is 1.06. The quantitative estimate of drug-likeness (QED) is 0.483. The second kappa shape index (κ2) is 9.78. The van der Waals surface area contributed by atoms with Crippen molar-refractivity contribution in [1.29, 1.82) is 0 Å². The van der Waals surface area contributed by atoms with E-state index in [-0.39, 0.29) is 42.2 Å². The van der Waals surface area contributed by atoms with E-state index in [1.165, 1.54) is 0 Å². The first-order valence-electron chi connectivity index (χ1n) is 13.2. The van der Waals surface area contributed by atoms with E-state index in [2.05, 4.69) is 10.6 Å². The van der Waals surface area contributed by atoms with Crippen molar-refractivity contribution < 1.29 is 24.2 Å². The molecule has 3 fully saturated rings. The lowest BCUT2D eigenvalue weighted by molar-refractivity contribution is -0.151. The lowest BCUT2D eigenvalue weighted by atomic mass is 9.62. The fraction of sp³-hybridized carbons (Fsp3) is 0.679. The van der Waals surface area contributed by atoms with Crippen LogP contribution in [0.1, 0.15) is 59.9 Å². The molecule has 36 heavy (non-hydrogen) atoms. The normalized spacial score (nSPS) is 33.8. The fourth-order valence-corrected chi connectivity index (χ4v) is 6.85. The van der Waals surface area contributed by atoms with Crippen LogP contribution < -0.4 is 10.6 Å². The van der Waals surface area contributed by atoms with E-state index in [0.29, 0.717) is 19.4 Å². The molecule has 0 radical (unpaired) electrons. The van der Waals surface area contributed by atoms with E-state index in [1.54, 1.807) is 4.90 Å². The molecular formula is C28H41N3O5. The maximum absolute atomic E-state index is 14.2. The van der Waals surface area contributed by atoms with Gasteiger partial charge < -0.3 is 25.4 Å². The first-order chi connectivity index (χ1) is 17.0. The zero-order valence-electron chi connectivity index (χ0n) is 22.3. The third-order valence-electron chi connectivity index (χ3n) is 8.37. The maximum Gasteiger partial charge on any atom is 0.246 e. The van der Waals surface area contributed by atoms with Crippen molar-refractivity contribution in [3.63, 3.8) is 0 Å². The topological polar surface area (TPSA) is 108 Å². The summed E-state index contributed by atoms with van der Waals surface area (Å²) >= 11 is 0. The summed E-state index contributed by atoms with van der Waals surface area (Å²) in [6, 6.07) is 8.08. The molecule has 8 nitrogen and oxygen atoms in total. The Morgan fingerprint density at radius 2 is 1.83 bits per heavy atom. The van der Waals surface area contributed by atoms with Crippen LogP contribution in [-0.4, -0.2) is 63.7 Å². The summed E-state index contributed by atoms with van der Waals surface area (Å²) in [5, 5.41) is 16.3. The number of hydrogen-bond acceptors (Lipinski definition) is 5. The Morgan fingerprint density at radius 1 is 1.17 bits per heavy atom. The molecule has 3 unspecified atom stereocenters. The van der Waals surface area contributed by atoms with Crippen LogP contribution in [-0.2, 0) is 25.7 Å². The van der Waals surface area contributed by atoms with Crippen molar-refractivity contribution in [2.24, 2.45) is 23.7 Å². The van der Waals surface area contributed by atoms with Crippen LogP contribution in [0.4, 0.5) is 0 Å². The number of nitrogens with zero attached hydrogens (tertiary/aromatic N) is 1. The lowest BCUT2D eigenvalue weighted by Gasteiger charge is -2.37. The second-order valence-corrected chi connectivity index (χ2v) is 11.8. The smallest absolute Gasteiger partial charge is 0.246 e. The molecule has 2 bridgehead atoms. The number of benzene rings is 1. The average molecular weight is 500 g/mol. The van der Waals surface area contributed by atoms with Crippen molar-refractivity contribution in [2.75, 3.05) is 6.61 Å². The van der Waals surface area contributed by atoms with Gasteiger partial charge in [-0.15, -0.1) is 0 Å². The summed E-state index contributed by atoms with van der Waals surface area (Å²) in [7, 11) is 0. The van der Waals surface area contributed by atoms with Gasteiger partial charge in [0.15, 0.2) is 0 Å². The summed E-state index contributed by atoms with van der Waals surface area (Å²) in [6.45, 7) is 11.8. The summed E-state index contributed by atoms with van der Waals surface area (Å²) in [5.74, 6) is -2.11. The number of hydrogen-bond donors (Lipinski definition) is 3. The highest BCUT2D eigenvalue weighted by Crippen LogP contribution is 2.65. The van der Waals surface area contributed by atoms with Gasteiger partial charge in [0.1, 0.15) is 11.6 Å². The number of aliphatic hydroxyl groups excluding tert-OH is 1. The van der Waals surface area contributed by atoms with Crippen LogP contribution in [0.3, 0.4) is 0 Å². The summed E-state index contributed by atoms with van der Waals surface area (Å²) in [4.78, 5) is 43.1. The number of likely N-dealkylation sites (tertiary alicyclic amines) is 1. The van der Waals surface area contributed by atoms with Crippen LogP contribution in [0.2, 0.25) is 0 Å². The Labute approximate surface area is 214 Å². The number of nitrogens with one attached hydrogen (secondary N) is 2. The summed E-state index contributed by atoms with van der Waals surface area (Å²) in [5.41, 5.74) is -1.01. The van der Waals surface area contributed by atoms with E-state index >= 15 is 0 Å². The lowest BCUT2D eigenvalue weighted by Crippen LogP contribution is -2.59. The van der Waals surface area contributed by atoms with Crippen LogP contribution in [0.5, 0.6) is 0 Å². The van der Waals surface area contributed by atoms with E-state index < -0.39 is 35.1 Å². The van der Waals surface area contributed by atoms with Crippen molar-refractivity contribution >= 4 is 17.7 Å². The molecule has 3 amide bonds. The van der Waals surface area contributed by atoms with Crippen molar-refractivity contribution in [2.45, 2.75) is 90.3 Å². The first kappa shape index (κ1) is 26.6. The van der Waals surface area contributed by atoms with Gasteiger partial charge in [0, 0.05) is 12.6 Å². The molecule has 3 aliphatic heterocycles. The first-order valence-corrected chi connectivity index (χ1v) is 13.2. The van der Waals surface area contributed by atoms with Crippen molar-refractivity contribution in [1.82, 2.24) is 15.5 Å². The average Bonchev–Trinajstić information content (AvgIpc) is 3.32. The number of amides is 3. The van der Waals surface area contributed by atoms with Gasteiger partial charge in [-0.25, -0.2) is 0 Å². The molecule has 3 saturated heterocycles. The third-order valence-corrected chi connectivity index (χ3v) is 8.37. The number of ether oxygens (including phenoxy) is 1. The second-order valence-electron chi connectivity index (χ2n) is 11.8. The number of carbonyl (C=O) groups excluding carboxylic acids is 3. The van der Waals surface area contributed by atoms with Gasteiger partial charge in [0.05, 0.1) is 30.1 Å². The van der Waals surface area contributed by atoms with Crippen LogP contribution >= 0.6 is 0 Å². The molecule has 4 rings (SSSR count). The minimum absolute atomic E-state index is 0.0269. The SMILES string of the molecule is CC(C)C[C@H](CO)N1C(=O)[C@@H]2[C@H](C(=O)NCc3ccccc3)[C@@]3(C)OC2(CC3C)C1C(=O)NC(C)C. The minimum Gasteiger partial charge on any atom is -0.394 e. The monoisotopic (exact) mass is 499 g/mol. The van der Waals surface area contributed by atoms with Gasteiger partial charge in [0.25, 0.3) is 0 Å². The largest absolute Gasteiger partial charge is 0.394 e. The Kier molecular flexibility index (Phi) is 7.23. The molecule has 1 spiro atoms. The molecule has 3 aliphatic rings. The van der Waals surface area contributed by atoms with Crippen molar-refractivity contribution in [3.8, 4) is 0 Å². The highest BCUT2D eigenvalue weighted by molar-refractivity contribution is 5.99. The van der Waals surface area contributed by atoms with Crippen LogP contribution in [0.25, 0.3) is 0 Å². The van der Waals surface area contributed by atoms with Gasteiger partial charge >= 0.3 is 0 Å². The number of fused-ring (bicyclic) bond motifs is 1. The highest BCUT2D eigenvalue weighted by Gasteiger charge is 2.80. The summed E-state index contributed by atoms with van der Waals surface area (Å²) < 4.78 is 6.72. The van der Waals surface area contributed by atoms with E-state index in [9.17, 15) is 19.5 Å². The van der Waals surface area contributed by atoms with Crippen molar-refractivity contribution in [3.05, 3.63) is 35.9 Å². The number of aliphatic hydroxyl groups is 1. The molecule has 3 heterocycles. The van der Waals surface area contributed by atoms with E-state index in [0.717, 1.165) is 5.56 Å². The molecule has 0 saturated carbocycles. The predicted molar refractivity (Wildman–Crippen MR) is 136 cm³/mol. The Bertz CT molecular complexity index is 998. The Hall–Kier alpha value is -2.45. The standard InChI is InChI=1S/C28H41N3O5/c1-16(2)12-20(15-32)31-23(25(34)30-17(3)4)28-13-18(5)27(6,36-28)21(22(28)26(31)35)24(33)29-14-19-10-8-7-9-11-19/h7-11,16-18,20-23,32H,12-15H2,1-6H3,(H,29,33)(H,30,34)/t18?,20-,21-,22+,23?,27+,28?/m1/s1. The van der Waals surface area contributed by atoms with E-state index in [4.69, 9.17) is 4.74 Å². The molecule has 8 heteroatoms. The number of rotatable bonds is 9. The molecule has 7 atom stereocenters. The molecular weight excluding hydrogens is 458 g/mol. The molecule has 1 aromatic rings. The Balaban J connectivity index is 1.73. The van der Waals surface area contributed by atoms with Gasteiger partial charge in [-0.1, -0.05) is 51.1 Å². The number of carbonyl (C=O) groups is 3. The maximum atomic E-state index is 14.2.